The zero-order valence-electron chi connectivity index (χ0n) is 55.6. The average molecular weight is 1270 g/mol. The van der Waals surface area contributed by atoms with Crippen molar-refractivity contribution in [1.82, 2.24) is 0 Å². The first-order valence-electron chi connectivity index (χ1n) is 35.0. The molecule has 3 unspecified atom stereocenters. The van der Waals surface area contributed by atoms with Crippen LogP contribution in [0.2, 0.25) is 0 Å². The largest absolute Gasteiger partial charge is 0.472 e. The van der Waals surface area contributed by atoms with Gasteiger partial charge in [0.15, 0.2) is 12.2 Å². The fraction of sp³-hybridized carbons (Fsp3) is 0.940. The number of ether oxygens (including phenoxy) is 4. The molecule has 0 heterocycles. The van der Waals surface area contributed by atoms with Gasteiger partial charge in [-0.05, 0) is 37.5 Å². The maximum absolute atomic E-state index is 13.0. The molecule has 3 N–H and O–H groups in total. The first-order chi connectivity index (χ1) is 41.4. The van der Waals surface area contributed by atoms with Crippen molar-refractivity contribution in [3.63, 3.8) is 0 Å². The van der Waals surface area contributed by atoms with Crippen LogP contribution in [0.3, 0.4) is 0 Å². The summed E-state index contributed by atoms with van der Waals surface area (Å²) in [7, 11) is -9.89. The summed E-state index contributed by atoms with van der Waals surface area (Å²) < 4.78 is 68.1. The highest BCUT2D eigenvalue weighted by atomic mass is 31.2. The Hall–Kier alpha value is -1.94. The SMILES string of the molecule is CCCCCCCCCCCCCCCC(=O)OC[C@H](COP(=O)(O)OC[C@@H](O)COP(=O)(O)OC[C@@H](COC(=O)CCCCCCCCC(C)CC)OC(=O)CCCCCCCCCC(C)C)OC(=O)CCCCCCCCCCCCCCC. The number of aliphatic hydroxyl groups is 1. The Labute approximate surface area is 524 Å². The van der Waals surface area contributed by atoms with E-state index in [1.54, 1.807) is 0 Å². The number of hydrogen-bond donors (Lipinski definition) is 3. The average Bonchev–Trinajstić information content (AvgIpc) is 3.68. The van der Waals surface area contributed by atoms with Gasteiger partial charge in [-0.15, -0.1) is 0 Å². The van der Waals surface area contributed by atoms with Gasteiger partial charge in [0, 0.05) is 25.7 Å². The molecule has 0 aliphatic carbocycles. The van der Waals surface area contributed by atoms with Crippen LogP contribution in [0.1, 0.15) is 337 Å². The van der Waals surface area contributed by atoms with Crippen molar-refractivity contribution in [2.75, 3.05) is 39.6 Å². The molecule has 86 heavy (non-hydrogen) atoms. The second kappa shape index (κ2) is 59.4. The molecule has 0 aliphatic rings. The summed E-state index contributed by atoms with van der Waals surface area (Å²) >= 11 is 0. The highest BCUT2D eigenvalue weighted by Gasteiger charge is 2.30. The van der Waals surface area contributed by atoms with E-state index in [2.05, 4.69) is 41.5 Å². The minimum Gasteiger partial charge on any atom is -0.462 e. The molecular formula is C67H130O17P2. The second-order valence-electron chi connectivity index (χ2n) is 24.9. The van der Waals surface area contributed by atoms with Gasteiger partial charge in [-0.25, -0.2) is 9.13 Å². The number of carbonyl (C=O) groups is 4. The molecule has 0 aromatic heterocycles. The Morgan fingerprint density at radius 1 is 0.337 bits per heavy atom. The molecule has 0 aromatic carbocycles. The Balaban J connectivity index is 5.25. The maximum Gasteiger partial charge on any atom is 0.472 e. The molecule has 0 amide bonds. The molecule has 0 aromatic rings. The van der Waals surface area contributed by atoms with Crippen LogP contribution in [0, 0.1) is 11.8 Å². The molecule has 17 nitrogen and oxygen atoms in total. The van der Waals surface area contributed by atoms with Gasteiger partial charge in [-0.1, -0.05) is 286 Å². The van der Waals surface area contributed by atoms with Gasteiger partial charge in [0.25, 0.3) is 0 Å². The standard InChI is InChI=1S/C67H130O17P2/c1-7-10-12-14-16-18-20-22-24-26-30-37-43-49-64(69)77-55-62(83-66(71)51-45-39-31-27-25-23-21-19-17-15-13-11-8-2)57-81-85(73,74)79-53-61(68)54-80-86(75,76)82-58-63(84-67(72)52-46-40-32-28-29-35-41-47-59(4)5)56-78-65(70)50-44-38-34-33-36-42-48-60(6)9-3/h59-63,68H,7-58H2,1-6H3,(H,73,74)(H,75,76)/t60?,61-,62-,63-/m1/s1. The van der Waals surface area contributed by atoms with Gasteiger partial charge < -0.3 is 33.8 Å². The number of phosphoric ester groups is 2. The highest BCUT2D eigenvalue weighted by Crippen LogP contribution is 2.45. The van der Waals surface area contributed by atoms with Crippen LogP contribution in [-0.2, 0) is 65.4 Å². The number of rotatable bonds is 66. The summed E-state index contributed by atoms with van der Waals surface area (Å²) in [6.07, 6.45) is 43.1. The number of carbonyl (C=O) groups excluding carboxylic acids is 4. The molecule has 0 saturated heterocycles. The summed E-state index contributed by atoms with van der Waals surface area (Å²) in [6.45, 7) is 9.42. The van der Waals surface area contributed by atoms with E-state index in [1.807, 2.05) is 0 Å². The Morgan fingerprint density at radius 2 is 0.593 bits per heavy atom. The van der Waals surface area contributed by atoms with Crippen LogP contribution in [0.5, 0.6) is 0 Å². The molecule has 0 saturated carbocycles. The van der Waals surface area contributed by atoms with Crippen LogP contribution in [0.15, 0.2) is 0 Å². The van der Waals surface area contributed by atoms with Crippen molar-refractivity contribution in [2.45, 2.75) is 355 Å². The first-order valence-corrected chi connectivity index (χ1v) is 38.0. The first kappa shape index (κ1) is 84.1. The van der Waals surface area contributed by atoms with Crippen molar-refractivity contribution in [3.8, 4) is 0 Å². The summed E-state index contributed by atoms with van der Waals surface area (Å²) in [5.74, 6) is -0.703. The van der Waals surface area contributed by atoms with Gasteiger partial charge in [0.2, 0.25) is 0 Å². The lowest BCUT2D eigenvalue weighted by molar-refractivity contribution is -0.161. The highest BCUT2D eigenvalue weighted by molar-refractivity contribution is 7.47. The Kier molecular flexibility index (Phi) is 58.0. The molecule has 510 valence electrons. The van der Waals surface area contributed by atoms with Gasteiger partial charge in [-0.2, -0.15) is 0 Å². The van der Waals surface area contributed by atoms with E-state index < -0.39 is 97.5 Å². The number of esters is 4. The third kappa shape index (κ3) is 59.7. The van der Waals surface area contributed by atoms with Gasteiger partial charge in [0.05, 0.1) is 26.4 Å². The van der Waals surface area contributed by atoms with Crippen molar-refractivity contribution in [3.05, 3.63) is 0 Å². The molecular weight excluding hydrogens is 1140 g/mol. The second-order valence-corrected chi connectivity index (χ2v) is 27.8. The van der Waals surface area contributed by atoms with Crippen molar-refractivity contribution in [2.24, 2.45) is 11.8 Å². The number of hydrogen-bond acceptors (Lipinski definition) is 15. The molecule has 0 radical (unpaired) electrons. The van der Waals surface area contributed by atoms with Crippen LogP contribution in [0.4, 0.5) is 0 Å². The van der Waals surface area contributed by atoms with Gasteiger partial charge in [-0.3, -0.25) is 37.3 Å². The van der Waals surface area contributed by atoms with Crippen LogP contribution in [-0.4, -0.2) is 96.7 Å². The smallest absolute Gasteiger partial charge is 0.462 e. The number of unbranched alkanes of at least 4 members (excludes halogenated alkanes) is 35. The van der Waals surface area contributed by atoms with Crippen molar-refractivity contribution >= 4 is 39.5 Å². The minimum atomic E-state index is -4.95. The molecule has 0 spiro atoms. The monoisotopic (exact) mass is 1270 g/mol. The van der Waals surface area contributed by atoms with E-state index in [0.717, 1.165) is 102 Å². The Bertz CT molecular complexity index is 1690. The predicted molar refractivity (Wildman–Crippen MR) is 345 cm³/mol. The molecule has 0 bridgehead atoms. The lowest BCUT2D eigenvalue weighted by Gasteiger charge is -2.21. The van der Waals surface area contributed by atoms with Crippen LogP contribution in [0.25, 0.3) is 0 Å². The summed E-state index contributed by atoms with van der Waals surface area (Å²) in [4.78, 5) is 72.4. The van der Waals surface area contributed by atoms with Crippen LogP contribution >= 0.6 is 15.6 Å². The zero-order chi connectivity index (χ0) is 63.6. The summed E-state index contributed by atoms with van der Waals surface area (Å²) in [5, 5.41) is 10.6. The zero-order valence-corrected chi connectivity index (χ0v) is 57.4. The van der Waals surface area contributed by atoms with Gasteiger partial charge >= 0.3 is 39.5 Å². The summed E-state index contributed by atoms with van der Waals surface area (Å²) in [6, 6.07) is 0. The number of phosphoric acid groups is 2. The number of aliphatic hydroxyl groups excluding tert-OH is 1. The minimum absolute atomic E-state index is 0.103. The molecule has 0 fully saturated rings. The van der Waals surface area contributed by atoms with E-state index in [4.69, 9.17) is 37.0 Å². The Morgan fingerprint density at radius 3 is 0.884 bits per heavy atom. The lowest BCUT2D eigenvalue weighted by atomic mass is 10.00. The van der Waals surface area contributed by atoms with E-state index >= 15 is 0 Å². The quantitative estimate of drug-likeness (QED) is 0.0222. The molecule has 19 heteroatoms. The fourth-order valence-electron chi connectivity index (χ4n) is 10.0. The van der Waals surface area contributed by atoms with Crippen molar-refractivity contribution < 1.29 is 80.2 Å². The fourth-order valence-corrected chi connectivity index (χ4v) is 11.6. The van der Waals surface area contributed by atoms with E-state index in [-0.39, 0.29) is 25.7 Å². The summed E-state index contributed by atoms with van der Waals surface area (Å²) in [5.41, 5.74) is 0. The maximum atomic E-state index is 13.0. The van der Waals surface area contributed by atoms with E-state index in [0.29, 0.717) is 31.6 Å². The van der Waals surface area contributed by atoms with E-state index in [1.165, 1.54) is 148 Å². The van der Waals surface area contributed by atoms with Crippen molar-refractivity contribution in [1.29, 1.82) is 0 Å². The van der Waals surface area contributed by atoms with Gasteiger partial charge in [0.1, 0.15) is 19.3 Å². The molecule has 0 aliphatic heterocycles. The molecule has 0 rings (SSSR count). The normalized spacial score (nSPS) is 14.5. The lowest BCUT2D eigenvalue weighted by Crippen LogP contribution is -2.30. The third-order valence-electron chi connectivity index (χ3n) is 15.8. The van der Waals surface area contributed by atoms with Crippen LogP contribution < -0.4 is 0 Å². The molecule has 6 atom stereocenters. The van der Waals surface area contributed by atoms with E-state index in [9.17, 15) is 43.2 Å². The topological polar surface area (TPSA) is 237 Å². The predicted octanol–water partition coefficient (Wildman–Crippen LogP) is 18.8. The third-order valence-corrected chi connectivity index (χ3v) is 17.7.